The minimum absolute atomic E-state index is 0.335. The van der Waals surface area contributed by atoms with Crippen molar-refractivity contribution in [2.24, 2.45) is 156 Å². The summed E-state index contributed by atoms with van der Waals surface area (Å²) in [5, 5.41) is 0. The van der Waals surface area contributed by atoms with Crippen molar-refractivity contribution < 1.29 is 28.4 Å². The van der Waals surface area contributed by atoms with Crippen molar-refractivity contribution >= 4 is 0 Å². The quantitative estimate of drug-likeness (QED) is 0.0653. The predicted molar refractivity (Wildman–Crippen MR) is 627 cm³/mol. The van der Waals surface area contributed by atoms with Crippen LogP contribution < -0.4 is 0 Å². The Morgan fingerprint density at radius 2 is 0.408 bits per heavy atom. The summed E-state index contributed by atoms with van der Waals surface area (Å²) in [5.74, 6) is 9.08. The van der Waals surface area contributed by atoms with Gasteiger partial charge >= 0.3 is 0 Å². The summed E-state index contributed by atoms with van der Waals surface area (Å²) in [4.78, 5) is 0. The van der Waals surface area contributed by atoms with Crippen molar-refractivity contribution in [1.82, 2.24) is 0 Å². The molecule has 0 atom stereocenters. The van der Waals surface area contributed by atoms with Crippen molar-refractivity contribution in [3.63, 3.8) is 0 Å². The molecule has 17 saturated carbocycles. The van der Waals surface area contributed by atoms with E-state index in [0.29, 0.717) is 92.1 Å². The van der Waals surface area contributed by atoms with Crippen LogP contribution in [0.2, 0.25) is 0 Å². The van der Waals surface area contributed by atoms with Crippen LogP contribution in [-0.4, -0.2) is 80.8 Å². The standard InChI is InChI=1S/C17H30O.C16H28O.C13H26O.2C12H24O.C12H24.C11H22O.3C11H22.C10H20/c1-5-18-11-16(2,3)17(4)14-7-12-6-13(9-14)10-15(17)8-12;1-15(2,10-17-4)16(3)13-6-11-5-12(8-13)9-14(16)7-11;1-5-14-11-12(2,3)13(4)9-7-6-8-10-13;1-11(2,10-13-4)12(3)8-6-5-7-9-12;1-5-13-10-11(2,3)12(4)8-6-7-9-12;1-5-11(2,3)12(4)9-7-6-8-10-12;1-10(2,9-12-4)11(3)7-5-6-8-11;1-10(2)9-11(3)7-5-4-6-8-11;1-5-10(2,3)11(4)8-6-7-9-11;1-3-4-8-11(2)9-6-5-7-10-11;1-3-4-7-10(2)8-5-6-9-10/h12-15H,5-11H2,1-4H3;11-14H,5-10H2,1-4H3;5-11H2,1-4H3;2*5-10H2,1-4H3;5-10H2,1-4H3;5-9H2,1-4H3;10H,4-9H2,1-3H3;5-9H2,1-4H3;3-10H2,1-2H3;3-9H2,1-2H3. The molecule has 0 unspecified atom stereocenters. The fourth-order valence-corrected chi connectivity index (χ4v) is 33.0. The molecule has 844 valence electrons. The fourth-order valence-electron chi connectivity index (χ4n) is 33.0. The molecule has 17 fully saturated rings. The summed E-state index contributed by atoms with van der Waals surface area (Å²) in [6.45, 7) is 93.9. The summed E-state index contributed by atoms with van der Waals surface area (Å²) in [5.41, 5.74) is 9.67. The lowest BCUT2D eigenvalue weighted by molar-refractivity contribution is -0.175. The number of hydrogen-bond donors (Lipinski definition) is 0. The molecule has 17 aliphatic rings. The summed E-state index contributed by atoms with van der Waals surface area (Å²) >= 11 is 0. The highest BCUT2D eigenvalue weighted by molar-refractivity contribution is 5.12. The van der Waals surface area contributed by atoms with Gasteiger partial charge in [-0.25, -0.2) is 0 Å². The van der Waals surface area contributed by atoms with Crippen molar-refractivity contribution in [3.05, 3.63) is 0 Å². The largest absolute Gasteiger partial charge is 0.384 e. The van der Waals surface area contributed by atoms with E-state index in [0.717, 1.165) is 124 Å². The molecule has 0 amide bonds. The van der Waals surface area contributed by atoms with Crippen molar-refractivity contribution in [2.75, 3.05) is 80.8 Å². The fraction of sp³-hybridized carbons (Fsp3) is 1.00. The van der Waals surface area contributed by atoms with Crippen LogP contribution in [-0.2, 0) is 28.4 Å². The van der Waals surface area contributed by atoms with Crippen LogP contribution in [0.5, 0.6) is 0 Å². The van der Waals surface area contributed by atoms with Gasteiger partial charge in [0.1, 0.15) is 0 Å². The zero-order chi connectivity index (χ0) is 107. The van der Waals surface area contributed by atoms with Gasteiger partial charge in [0.05, 0.1) is 39.6 Å². The van der Waals surface area contributed by atoms with E-state index in [-0.39, 0.29) is 0 Å². The summed E-state index contributed by atoms with van der Waals surface area (Å²) in [6.07, 6.45) is 86.9. The van der Waals surface area contributed by atoms with Crippen molar-refractivity contribution in [3.8, 4) is 0 Å². The van der Waals surface area contributed by atoms with Crippen molar-refractivity contribution in [1.29, 1.82) is 0 Å². The van der Waals surface area contributed by atoms with Gasteiger partial charge in [-0.2, -0.15) is 0 Å². The number of rotatable bonds is 33. The maximum atomic E-state index is 5.82. The van der Waals surface area contributed by atoms with E-state index in [1.54, 1.807) is 20.0 Å². The Hall–Kier alpha value is -0.240. The predicted octanol–water partition coefficient (Wildman–Crippen LogP) is 43.5. The van der Waals surface area contributed by atoms with E-state index in [4.69, 9.17) is 28.4 Å². The molecule has 142 heavy (non-hydrogen) atoms. The minimum atomic E-state index is 0.335. The molecule has 8 bridgehead atoms. The van der Waals surface area contributed by atoms with E-state index < -0.39 is 0 Å². The van der Waals surface area contributed by atoms with Gasteiger partial charge in [-0.15, -0.1) is 0 Å². The Morgan fingerprint density at radius 1 is 0.225 bits per heavy atom. The van der Waals surface area contributed by atoms with E-state index in [2.05, 4.69) is 249 Å². The van der Waals surface area contributed by atoms with Gasteiger partial charge in [0.2, 0.25) is 0 Å². The monoisotopic (exact) mass is 1990 g/mol. The van der Waals surface area contributed by atoms with Gasteiger partial charge in [-0.05, 0) is 376 Å². The average Bonchev–Trinajstić information content (AvgIpc) is 0.969. The van der Waals surface area contributed by atoms with Crippen LogP contribution in [0.3, 0.4) is 0 Å². The molecule has 0 aromatic heterocycles. The minimum Gasteiger partial charge on any atom is -0.384 e. The van der Waals surface area contributed by atoms with Gasteiger partial charge in [-0.3, -0.25) is 0 Å². The topological polar surface area (TPSA) is 55.4 Å². The molecule has 6 heteroatoms. The van der Waals surface area contributed by atoms with Crippen LogP contribution in [0.15, 0.2) is 0 Å². The summed E-state index contributed by atoms with van der Waals surface area (Å²) in [6, 6.07) is 0. The van der Waals surface area contributed by atoms with E-state index in [1.165, 1.54) is 372 Å². The highest BCUT2D eigenvalue weighted by Gasteiger charge is 2.62. The number of ether oxygens (including phenoxy) is 6. The first-order valence-electron chi connectivity index (χ1n) is 63.4. The van der Waals surface area contributed by atoms with Crippen LogP contribution in [0, 0.1) is 156 Å². The Bertz CT molecular complexity index is 3210. The number of unbranched alkanes of at least 4 members (excludes halogenated alkanes) is 2. The SMILES string of the molecule is CC(C)CC1(C)CCCCC1.CCC(C)(C)C1(C)CCCC1.CCC(C)(C)C1(C)CCCCC1.CCCCC1(C)CCCC1.CCCCC1(C)CCCCC1.CCOCC(C)(C)C1(C)C2CC3CC(C2)CC1C3.CCOCC(C)(C)C1(C)CCCC1.CCOCC(C)(C)C1(C)CCCCC1.COCC(C)(C)C1(C)C2CC3CC(C2)CC1C3.COCC(C)(C)C1(C)CCCC1.COCC(C)(C)C1(C)CCCCC1. The molecule has 17 aliphatic carbocycles. The zero-order valence-electron chi connectivity index (χ0n) is 105. The molecule has 0 aromatic rings. The first kappa shape index (κ1) is 132. The Labute approximate surface area is 894 Å². The van der Waals surface area contributed by atoms with E-state index in [9.17, 15) is 0 Å². The third-order valence-corrected chi connectivity index (χ3v) is 47.8. The smallest absolute Gasteiger partial charge is 0.0522 e. The Morgan fingerprint density at radius 3 is 0.620 bits per heavy atom. The number of methoxy groups -OCH3 is 3. The molecule has 0 aliphatic heterocycles. The highest BCUT2D eigenvalue weighted by Crippen LogP contribution is 2.70. The molecule has 17 rings (SSSR count). The third kappa shape index (κ3) is 37.0. The summed E-state index contributed by atoms with van der Waals surface area (Å²) in [7, 11) is 5.48. The van der Waals surface area contributed by atoms with E-state index in [1.807, 2.05) is 14.2 Å². The lowest BCUT2D eigenvalue weighted by Gasteiger charge is -2.65. The molecule has 0 N–H and O–H groups in total. The molecule has 0 saturated heterocycles. The molecule has 0 radical (unpaired) electrons. The third-order valence-electron chi connectivity index (χ3n) is 47.8. The van der Waals surface area contributed by atoms with Gasteiger partial charge in [0.15, 0.2) is 0 Å². The zero-order valence-corrected chi connectivity index (χ0v) is 105. The van der Waals surface area contributed by atoms with Gasteiger partial charge in [0, 0.05) is 41.2 Å². The molecule has 6 nitrogen and oxygen atoms in total. The normalized spacial score (nSPS) is 29.2. The molecule has 0 spiro atoms. The second-order valence-electron chi connectivity index (χ2n) is 61.4. The van der Waals surface area contributed by atoms with Crippen LogP contribution in [0.4, 0.5) is 0 Å². The van der Waals surface area contributed by atoms with Crippen LogP contribution >= 0.6 is 0 Å². The molecular formula is C136H264O6. The Balaban J connectivity index is 0.000000277. The first-order valence-corrected chi connectivity index (χ1v) is 63.4. The number of hydrogen-bond acceptors (Lipinski definition) is 6. The molecule has 0 heterocycles. The first-order chi connectivity index (χ1) is 66.2. The molecule has 0 aromatic carbocycles. The maximum Gasteiger partial charge on any atom is 0.0522 e. The van der Waals surface area contributed by atoms with Gasteiger partial charge < -0.3 is 28.4 Å². The van der Waals surface area contributed by atoms with Gasteiger partial charge in [0.25, 0.3) is 0 Å². The van der Waals surface area contributed by atoms with E-state index >= 15 is 0 Å². The second-order valence-corrected chi connectivity index (χ2v) is 61.4. The lowest BCUT2D eigenvalue weighted by Crippen LogP contribution is -2.58. The lowest BCUT2D eigenvalue weighted by atomic mass is 9.40. The highest BCUT2D eigenvalue weighted by atomic mass is 16.5. The average molecular weight is 2000 g/mol. The van der Waals surface area contributed by atoms with Crippen LogP contribution in [0.25, 0.3) is 0 Å². The Kier molecular flexibility index (Phi) is 55.0. The van der Waals surface area contributed by atoms with Gasteiger partial charge in [-0.1, -0.05) is 415 Å². The summed E-state index contributed by atoms with van der Waals surface area (Å²) < 4.78 is 33.2. The second kappa shape index (κ2) is 59.1. The van der Waals surface area contributed by atoms with Crippen molar-refractivity contribution in [2.45, 2.75) is 635 Å². The molecular weight excluding hydrogens is 1730 g/mol. The van der Waals surface area contributed by atoms with Crippen LogP contribution in [0.1, 0.15) is 635 Å². The maximum absolute atomic E-state index is 5.82.